The van der Waals surface area contributed by atoms with Crippen LogP contribution in [0.1, 0.15) is 49.1 Å². The van der Waals surface area contributed by atoms with Crippen LogP contribution in [0.3, 0.4) is 0 Å². The summed E-state index contributed by atoms with van der Waals surface area (Å²) in [7, 11) is 0. The van der Waals surface area contributed by atoms with Gasteiger partial charge in [0.2, 0.25) is 0 Å². The van der Waals surface area contributed by atoms with E-state index in [1.807, 2.05) is 18.3 Å². The zero-order valence-electron chi connectivity index (χ0n) is 21.8. The Morgan fingerprint density at radius 2 is 1.68 bits per heavy atom. The second-order valence-electron chi connectivity index (χ2n) is 11.0. The maximum Gasteiger partial charge on any atom is 0.141 e. The Morgan fingerprint density at radius 3 is 2.51 bits per heavy atom. The molecule has 0 fully saturated rings. The molecule has 186 valence electrons. The van der Waals surface area contributed by atoms with Gasteiger partial charge < -0.3 is 15.1 Å². The molecule has 37 heavy (non-hydrogen) atoms. The molecule has 1 atom stereocenters. The number of benzene rings is 3. The second-order valence-corrected chi connectivity index (χ2v) is 11.0. The summed E-state index contributed by atoms with van der Waals surface area (Å²) in [6.45, 7) is 7.71. The van der Waals surface area contributed by atoms with Gasteiger partial charge in [0, 0.05) is 34.1 Å². The summed E-state index contributed by atoms with van der Waals surface area (Å²) in [4.78, 5) is 0. The van der Waals surface area contributed by atoms with Crippen molar-refractivity contribution in [2.24, 2.45) is 5.41 Å². The Hall–Kier alpha value is -3.98. The molecule has 3 aromatic carbocycles. The highest BCUT2D eigenvalue weighted by atomic mass is 16.3. The molecule has 4 aromatic rings. The number of hydrogen-bond acceptors (Lipinski definition) is 3. The molecule has 2 aliphatic heterocycles. The number of allylic oxidation sites excluding steroid dienone is 4. The van der Waals surface area contributed by atoms with Crippen molar-refractivity contribution in [2.75, 3.05) is 6.54 Å². The molecular formula is C34H34N2O. The summed E-state index contributed by atoms with van der Waals surface area (Å²) in [5.74, 6) is 0. The first-order valence-corrected chi connectivity index (χ1v) is 13.3. The van der Waals surface area contributed by atoms with E-state index < -0.39 is 0 Å². The van der Waals surface area contributed by atoms with E-state index >= 15 is 0 Å². The number of dihydropyridines is 2. The highest BCUT2D eigenvalue weighted by Crippen LogP contribution is 2.37. The molecule has 6 rings (SSSR count). The third-order valence-corrected chi connectivity index (χ3v) is 7.52. The van der Waals surface area contributed by atoms with Crippen molar-refractivity contribution < 1.29 is 4.42 Å². The van der Waals surface area contributed by atoms with E-state index in [0.717, 1.165) is 30.6 Å². The lowest BCUT2D eigenvalue weighted by Gasteiger charge is -2.26. The van der Waals surface area contributed by atoms with Gasteiger partial charge >= 0.3 is 0 Å². The van der Waals surface area contributed by atoms with Crippen LogP contribution < -0.4 is 10.6 Å². The minimum atomic E-state index is 0.0849. The molecule has 0 aliphatic carbocycles. The smallest absolute Gasteiger partial charge is 0.141 e. The monoisotopic (exact) mass is 486 g/mol. The van der Waals surface area contributed by atoms with Gasteiger partial charge in [-0.15, -0.1) is 0 Å². The van der Waals surface area contributed by atoms with Crippen LogP contribution in [0.25, 0.3) is 27.6 Å². The summed E-state index contributed by atoms with van der Waals surface area (Å²) in [6, 6.07) is 21.8. The van der Waals surface area contributed by atoms with Crippen LogP contribution in [0.5, 0.6) is 0 Å². The van der Waals surface area contributed by atoms with E-state index in [0.29, 0.717) is 0 Å². The number of aryl methyl sites for hydroxylation is 2. The lowest BCUT2D eigenvalue weighted by molar-refractivity contribution is 0.513. The van der Waals surface area contributed by atoms with Crippen molar-refractivity contribution in [3.05, 3.63) is 125 Å². The van der Waals surface area contributed by atoms with Crippen LogP contribution >= 0.6 is 0 Å². The predicted molar refractivity (Wildman–Crippen MR) is 155 cm³/mol. The molecule has 0 bridgehead atoms. The Labute approximate surface area is 219 Å². The number of hydrogen-bond donors (Lipinski definition) is 2. The van der Waals surface area contributed by atoms with Gasteiger partial charge in [-0.25, -0.2) is 0 Å². The fraction of sp³-hybridized carbons (Fsp3) is 0.235. The van der Waals surface area contributed by atoms with E-state index in [2.05, 4.69) is 110 Å². The lowest BCUT2D eigenvalue weighted by atomic mass is 9.83. The molecule has 0 saturated carbocycles. The van der Waals surface area contributed by atoms with E-state index in [-0.39, 0.29) is 11.5 Å². The first kappa shape index (κ1) is 23.4. The van der Waals surface area contributed by atoms with E-state index in [1.54, 1.807) is 0 Å². The van der Waals surface area contributed by atoms with Gasteiger partial charge in [0.25, 0.3) is 0 Å². The molecule has 1 unspecified atom stereocenters. The lowest BCUT2D eigenvalue weighted by Crippen LogP contribution is -2.21. The van der Waals surface area contributed by atoms with Crippen LogP contribution in [-0.4, -0.2) is 6.54 Å². The summed E-state index contributed by atoms with van der Waals surface area (Å²) in [5, 5.41) is 9.51. The normalized spacial score (nSPS) is 17.4. The predicted octanol–water partition coefficient (Wildman–Crippen LogP) is 8.00. The minimum absolute atomic E-state index is 0.0849. The molecule has 1 aromatic heterocycles. The Morgan fingerprint density at radius 1 is 0.865 bits per heavy atom. The molecule has 0 amide bonds. The fourth-order valence-corrected chi connectivity index (χ4v) is 5.54. The largest absolute Gasteiger partial charge is 0.456 e. The highest BCUT2D eigenvalue weighted by molar-refractivity contribution is 6.06. The minimum Gasteiger partial charge on any atom is -0.456 e. The molecule has 0 spiro atoms. The second kappa shape index (κ2) is 9.48. The van der Waals surface area contributed by atoms with Crippen LogP contribution in [0, 0.1) is 5.41 Å². The van der Waals surface area contributed by atoms with Crippen molar-refractivity contribution >= 4 is 27.6 Å². The van der Waals surface area contributed by atoms with Crippen molar-refractivity contribution in [3.63, 3.8) is 0 Å². The van der Waals surface area contributed by atoms with E-state index in [1.165, 1.54) is 44.3 Å². The van der Waals surface area contributed by atoms with E-state index in [4.69, 9.17) is 4.42 Å². The first-order valence-electron chi connectivity index (χ1n) is 13.3. The Kier molecular flexibility index (Phi) is 6.00. The number of para-hydroxylation sites is 1. The van der Waals surface area contributed by atoms with Crippen LogP contribution in [0.4, 0.5) is 0 Å². The van der Waals surface area contributed by atoms with Gasteiger partial charge in [-0.2, -0.15) is 0 Å². The summed E-state index contributed by atoms with van der Waals surface area (Å²) in [6.07, 6.45) is 14.9. The van der Waals surface area contributed by atoms with Crippen molar-refractivity contribution in [2.45, 2.75) is 39.7 Å². The Bertz CT molecular complexity index is 1590. The average molecular weight is 487 g/mol. The molecule has 3 heteroatoms. The number of fused-ring (bicyclic) bond motifs is 3. The zero-order chi connectivity index (χ0) is 25.4. The highest BCUT2D eigenvalue weighted by Gasteiger charge is 2.22. The maximum atomic E-state index is 6.47. The standard InChI is InChI=1S/C34H34N2O/c1-34(2,3)25-19-21-36-30(22-25)26-11-5-4-10-23(26)15-16-24-17-18-28-27-12-6-7-14-31(27)37-33(28)32(24)29-13-8-9-20-35-29/h4-14,17-20,22,29,35-36H,15-16,21H2,1-3H3. The maximum absolute atomic E-state index is 6.47. The Balaban J connectivity index is 1.38. The van der Waals surface area contributed by atoms with Crippen molar-refractivity contribution in [1.29, 1.82) is 0 Å². The van der Waals surface area contributed by atoms with Crippen LogP contribution in [0.15, 0.2) is 107 Å². The number of rotatable bonds is 5. The topological polar surface area (TPSA) is 37.2 Å². The molecule has 0 radical (unpaired) electrons. The molecular weight excluding hydrogens is 452 g/mol. The summed E-state index contributed by atoms with van der Waals surface area (Å²) < 4.78 is 6.47. The summed E-state index contributed by atoms with van der Waals surface area (Å²) >= 11 is 0. The SMILES string of the molecule is CC(C)(C)C1=CCNC(c2ccccc2CCc2ccc3c(oc4ccccc43)c2C2C=CC=CN2)=C1. The summed E-state index contributed by atoms with van der Waals surface area (Å²) in [5.41, 5.74) is 9.88. The molecule has 2 aliphatic rings. The third-order valence-electron chi connectivity index (χ3n) is 7.52. The van der Waals surface area contributed by atoms with Crippen molar-refractivity contribution in [3.8, 4) is 0 Å². The fourth-order valence-electron chi connectivity index (χ4n) is 5.54. The van der Waals surface area contributed by atoms with Gasteiger partial charge in [-0.3, -0.25) is 0 Å². The van der Waals surface area contributed by atoms with Gasteiger partial charge in [0.05, 0.1) is 6.04 Å². The quantitative estimate of drug-likeness (QED) is 0.300. The number of furan rings is 1. The number of nitrogens with one attached hydrogen (secondary N) is 2. The van der Waals surface area contributed by atoms with Gasteiger partial charge in [0.1, 0.15) is 11.2 Å². The van der Waals surface area contributed by atoms with Gasteiger partial charge in [-0.1, -0.05) is 93.6 Å². The molecule has 0 saturated heterocycles. The van der Waals surface area contributed by atoms with Crippen molar-refractivity contribution in [1.82, 2.24) is 10.6 Å². The average Bonchev–Trinajstić information content (AvgIpc) is 3.30. The molecule has 2 N–H and O–H groups in total. The van der Waals surface area contributed by atoms with Crippen LogP contribution in [0.2, 0.25) is 0 Å². The van der Waals surface area contributed by atoms with Gasteiger partial charge in [0.15, 0.2) is 0 Å². The molecule has 3 heterocycles. The third kappa shape index (κ3) is 4.51. The first-order chi connectivity index (χ1) is 18.0. The van der Waals surface area contributed by atoms with Crippen LogP contribution in [-0.2, 0) is 12.8 Å². The molecule has 3 nitrogen and oxygen atoms in total. The van der Waals surface area contributed by atoms with Gasteiger partial charge in [-0.05, 0) is 59.4 Å². The van der Waals surface area contributed by atoms with E-state index in [9.17, 15) is 0 Å². The zero-order valence-corrected chi connectivity index (χ0v) is 21.8.